The molecule has 0 spiro atoms. The molecule has 0 aliphatic carbocycles. The molecule has 1 aromatic carbocycles. The van der Waals surface area contributed by atoms with Crippen LogP contribution >= 0.6 is 0 Å². The third-order valence-electron chi connectivity index (χ3n) is 4.97. The largest absolute Gasteiger partial charge is 0.459 e. The van der Waals surface area contributed by atoms with Crippen LogP contribution in [0, 0.1) is 5.82 Å². The molecule has 0 bridgehead atoms. The Balaban J connectivity index is 1.48. The molecule has 0 unspecified atom stereocenters. The molecule has 146 valence electrons. The maximum absolute atomic E-state index is 13.5. The second kappa shape index (κ2) is 6.69. The molecule has 1 aliphatic heterocycles. The zero-order valence-electron chi connectivity index (χ0n) is 15.5. The van der Waals surface area contributed by atoms with Crippen LogP contribution < -0.4 is 0 Å². The van der Waals surface area contributed by atoms with Gasteiger partial charge in [0.25, 0.3) is 11.8 Å². The minimum Gasteiger partial charge on any atom is -0.459 e. The molecule has 8 nitrogen and oxygen atoms in total. The molecule has 3 aromatic heterocycles. The smallest absolute Gasteiger partial charge is 0.289 e. The Hall–Kier alpha value is -3.75. The number of furan rings is 1. The Bertz CT molecular complexity index is 1190. The van der Waals surface area contributed by atoms with Crippen molar-refractivity contribution in [2.24, 2.45) is 7.05 Å². The Labute approximate surface area is 164 Å². The monoisotopic (exact) mass is 393 g/mol. The molecule has 4 heterocycles. The molecule has 0 atom stereocenters. The van der Waals surface area contributed by atoms with Crippen molar-refractivity contribution in [3.05, 3.63) is 65.5 Å². The predicted octanol–water partition coefficient (Wildman–Crippen LogP) is 3.07. The topological polar surface area (TPSA) is 90.2 Å². The molecule has 4 aromatic rings. The molecule has 1 aliphatic rings. The number of aryl methyl sites for hydroxylation is 1. The van der Waals surface area contributed by atoms with E-state index in [4.69, 9.17) is 8.94 Å². The number of carbonyl (C=O) groups is 1. The fraction of sp³-hybridized carbons (Fsp3) is 0.200. The quantitative estimate of drug-likeness (QED) is 0.531. The second-order valence-electron chi connectivity index (χ2n) is 6.78. The van der Waals surface area contributed by atoms with Crippen molar-refractivity contribution in [3.8, 4) is 23.0 Å². The van der Waals surface area contributed by atoms with Crippen LogP contribution in [-0.4, -0.2) is 37.3 Å². The summed E-state index contributed by atoms with van der Waals surface area (Å²) in [6.45, 7) is 0.916. The predicted molar refractivity (Wildman–Crippen MR) is 99.0 cm³/mol. The molecule has 9 heteroatoms. The summed E-state index contributed by atoms with van der Waals surface area (Å²) >= 11 is 0. The van der Waals surface area contributed by atoms with E-state index >= 15 is 0 Å². The van der Waals surface area contributed by atoms with Gasteiger partial charge < -0.3 is 13.8 Å². The van der Waals surface area contributed by atoms with Crippen molar-refractivity contribution in [1.29, 1.82) is 0 Å². The van der Waals surface area contributed by atoms with Gasteiger partial charge in [0.15, 0.2) is 11.5 Å². The third kappa shape index (κ3) is 3.00. The van der Waals surface area contributed by atoms with Crippen molar-refractivity contribution < 1.29 is 18.1 Å². The summed E-state index contributed by atoms with van der Waals surface area (Å²) in [6.07, 6.45) is 2.13. The maximum atomic E-state index is 13.5. The van der Waals surface area contributed by atoms with E-state index in [0.29, 0.717) is 36.5 Å². The summed E-state index contributed by atoms with van der Waals surface area (Å²) in [5, 5.41) is 8.49. The average Bonchev–Trinajstić information content (AvgIpc) is 3.48. The van der Waals surface area contributed by atoms with E-state index < -0.39 is 0 Å². The number of hydrogen-bond donors (Lipinski definition) is 0. The van der Waals surface area contributed by atoms with Crippen LogP contribution in [0.15, 0.2) is 51.6 Å². The lowest BCUT2D eigenvalue weighted by Gasteiger charge is -2.26. The van der Waals surface area contributed by atoms with E-state index in [1.165, 1.54) is 18.4 Å². The minimum absolute atomic E-state index is 0.179. The summed E-state index contributed by atoms with van der Waals surface area (Å²) in [5.41, 5.74) is 2.90. The number of aromatic nitrogens is 4. The highest BCUT2D eigenvalue weighted by Crippen LogP contribution is 2.30. The van der Waals surface area contributed by atoms with Crippen LogP contribution in [0.5, 0.6) is 0 Å². The zero-order chi connectivity index (χ0) is 20.0. The highest BCUT2D eigenvalue weighted by Gasteiger charge is 2.30. The zero-order valence-corrected chi connectivity index (χ0v) is 15.5. The van der Waals surface area contributed by atoms with Gasteiger partial charge in [0.2, 0.25) is 5.82 Å². The van der Waals surface area contributed by atoms with E-state index in [1.54, 1.807) is 33.8 Å². The summed E-state index contributed by atoms with van der Waals surface area (Å²) in [4.78, 5) is 18.8. The lowest BCUT2D eigenvalue weighted by molar-refractivity contribution is 0.0701. The van der Waals surface area contributed by atoms with Crippen LogP contribution in [0.3, 0.4) is 0 Å². The fourth-order valence-electron chi connectivity index (χ4n) is 3.56. The SMILES string of the molecule is Cn1nc(-c2nc(-c3cccc(F)c3)no2)c2c1CCN(C(=O)c1ccco1)C2. The van der Waals surface area contributed by atoms with E-state index in [9.17, 15) is 9.18 Å². The number of fused-ring (bicyclic) bond motifs is 1. The van der Waals surface area contributed by atoms with Crippen molar-refractivity contribution in [3.63, 3.8) is 0 Å². The molecule has 0 saturated heterocycles. The van der Waals surface area contributed by atoms with E-state index in [-0.39, 0.29) is 23.4 Å². The number of rotatable bonds is 3. The fourth-order valence-corrected chi connectivity index (χ4v) is 3.56. The summed E-state index contributed by atoms with van der Waals surface area (Å²) < 4.78 is 25.9. The van der Waals surface area contributed by atoms with Crippen LogP contribution in [-0.2, 0) is 20.0 Å². The van der Waals surface area contributed by atoms with E-state index in [0.717, 1.165) is 11.3 Å². The molecule has 1 amide bonds. The van der Waals surface area contributed by atoms with Crippen molar-refractivity contribution in [1.82, 2.24) is 24.8 Å². The maximum Gasteiger partial charge on any atom is 0.289 e. The number of amides is 1. The van der Waals surface area contributed by atoms with Crippen LogP contribution in [0.2, 0.25) is 0 Å². The Morgan fingerprint density at radius 3 is 2.93 bits per heavy atom. The van der Waals surface area contributed by atoms with Crippen molar-refractivity contribution >= 4 is 5.91 Å². The first-order valence-electron chi connectivity index (χ1n) is 9.07. The lowest BCUT2D eigenvalue weighted by Crippen LogP contribution is -2.36. The third-order valence-corrected chi connectivity index (χ3v) is 4.97. The highest BCUT2D eigenvalue weighted by molar-refractivity contribution is 5.91. The van der Waals surface area contributed by atoms with E-state index in [1.807, 2.05) is 7.05 Å². The normalized spacial score (nSPS) is 13.5. The van der Waals surface area contributed by atoms with Gasteiger partial charge in [0.05, 0.1) is 12.8 Å². The summed E-state index contributed by atoms with van der Waals surface area (Å²) in [6, 6.07) is 9.31. The molecular formula is C20H16FN5O3. The van der Waals surface area contributed by atoms with Gasteiger partial charge in [0, 0.05) is 36.8 Å². The lowest BCUT2D eigenvalue weighted by atomic mass is 10.0. The first-order valence-corrected chi connectivity index (χ1v) is 9.07. The van der Waals surface area contributed by atoms with Gasteiger partial charge in [-0.2, -0.15) is 10.1 Å². The molecule has 29 heavy (non-hydrogen) atoms. The Morgan fingerprint density at radius 1 is 1.24 bits per heavy atom. The molecule has 0 fully saturated rings. The summed E-state index contributed by atoms with van der Waals surface area (Å²) in [7, 11) is 1.84. The van der Waals surface area contributed by atoms with Gasteiger partial charge in [-0.05, 0) is 24.3 Å². The number of nitrogens with zero attached hydrogens (tertiary/aromatic N) is 5. The molecule has 0 saturated carbocycles. The first kappa shape index (κ1) is 17.4. The van der Waals surface area contributed by atoms with Crippen LogP contribution in [0.25, 0.3) is 23.0 Å². The Morgan fingerprint density at radius 2 is 2.14 bits per heavy atom. The second-order valence-corrected chi connectivity index (χ2v) is 6.78. The number of benzene rings is 1. The van der Waals surface area contributed by atoms with Crippen molar-refractivity contribution in [2.45, 2.75) is 13.0 Å². The van der Waals surface area contributed by atoms with Crippen molar-refractivity contribution in [2.75, 3.05) is 6.54 Å². The van der Waals surface area contributed by atoms with Gasteiger partial charge in [0.1, 0.15) is 5.82 Å². The van der Waals surface area contributed by atoms with Gasteiger partial charge in [-0.15, -0.1) is 0 Å². The summed E-state index contributed by atoms with van der Waals surface area (Å²) in [5.74, 6) is 0.245. The average molecular weight is 393 g/mol. The van der Waals surface area contributed by atoms with E-state index in [2.05, 4.69) is 15.2 Å². The highest BCUT2D eigenvalue weighted by atomic mass is 19.1. The van der Waals surface area contributed by atoms with Gasteiger partial charge in [-0.3, -0.25) is 9.48 Å². The van der Waals surface area contributed by atoms with Crippen LogP contribution in [0.1, 0.15) is 21.8 Å². The minimum atomic E-state index is -0.379. The molecule has 0 N–H and O–H groups in total. The first-order chi connectivity index (χ1) is 14.1. The molecule has 0 radical (unpaired) electrons. The number of carbonyl (C=O) groups excluding carboxylic acids is 1. The number of halogens is 1. The van der Waals surface area contributed by atoms with Gasteiger partial charge in [-0.1, -0.05) is 17.3 Å². The standard InChI is InChI=1S/C20H16FN5O3/c1-25-15-7-8-26(20(27)16-6-3-9-28-16)11-14(15)17(23-25)19-22-18(24-29-19)12-4-2-5-13(21)10-12/h2-6,9-10H,7-8,11H2,1H3. The number of hydrogen-bond acceptors (Lipinski definition) is 6. The molecule has 5 rings (SSSR count). The molecular weight excluding hydrogens is 377 g/mol. The van der Waals surface area contributed by atoms with Gasteiger partial charge >= 0.3 is 0 Å². The Kier molecular flexibility index (Phi) is 4.01. The van der Waals surface area contributed by atoms with Gasteiger partial charge in [-0.25, -0.2) is 4.39 Å². The van der Waals surface area contributed by atoms with Crippen LogP contribution in [0.4, 0.5) is 4.39 Å².